The van der Waals surface area contributed by atoms with Gasteiger partial charge in [-0.2, -0.15) is 0 Å². The van der Waals surface area contributed by atoms with E-state index in [4.69, 9.17) is 5.11 Å². The quantitative estimate of drug-likeness (QED) is 0.473. The van der Waals surface area contributed by atoms with Crippen molar-refractivity contribution in [1.82, 2.24) is 0 Å². The van der Waals surface area contributed by atoms with Crippen LogP contribution in [0, 0.1) is 0 Å². The minimum Gasteiger partial charge on any atom is -0.393 e. The van der Waals surface area contributed by atoms with Gasteiger partial charge in [0.2, 0.25) is 0 Å². The van der Waals surface area contributed by atoms with E-state index in [1.54, 1.807) is 0 Å². The lowest BCUT2D eigenvalue weighted by molar-refractivity contribution is -0.126. The molecule has 0 aromatic rings. The average molecular weight is 146 g/mol. The van der Waals surface area contributed by atoms with Gasteiger partial charge in [0.15, 0.2) is 0 Å². The van der Waals surface area contributed by atoms with Crippen molar-refractivity contribution < 1.29 is 15.3 Å². The topological polar surface area (TPSA) is 60.7 Å². The second-order valence-corrected chi connectivity index (χ2v) is 3.02. The fourth-order valence-electron chi connectivity index (χ4n) is 1.39. The average Bonchev–Trinajstić information content (AvgIpc) is 1.96. The molecule has 3 nitrogen and oxygen atoms in total. The Morgan fingerprint density at radius 1 is 1.40 bits per heavy atom. The molecule has 2 atom stereocenters. The Balaban J connectivity index is 2.54. The molecule has 0 bridgehead atoms. The molecule has 0 aromatic carbocycles. The van der Waals surface area contributed by atoms with Gasteiger partial charge in [-0.05, 0) is 12.8 Å². The van der Waals surface area contributed by atoms with Crippen LogP contribution in [0.2, 0.25) is 0 Å². The molecule has 0 aliphatic heterocycles. The molecular formula is C7H14O3. The van der Waals surface area contributed by atoms with E-state index in [1.165, 1.54) is 0 Å². The highest BCUT2D eigenvalue weighted by Crippen LogP contribution is 2.27. The van der Waals surface area contributed by atoms with Crippen LogP contribution in [0.1, 0.15) is 25.7 Å². The van der Waals surface area contributed by atoms with Gasteiger partial charge in [0.25, 0.3) is 0 Å². The van der Waals surface area contributed by atoms with Crippen LogP contribution in [0.4, 0.5) is 0 Å². The van der Waals surface area contributed by atoms with E-state index >= 15 is 0 Å². The molecule has 1 aliphatic rings. The Hall–Kier alpha value is -0.120. The van der Waals surface area contributed by atoms with Crippen LogP contribution in [-0.4, -0.2) is 33.6 Å². The summed E-state index contributed by atoms with van der Waals surface area (Å²) in [6.07, 6.45) is 2.24. The predicted octanol–water partition coefficient (Wildman–Crippen LogP) is -0.355. The maximum Gasteiger partial charge on any atom is 0.113 e. The Bertz CT molecular complexity index is 115. The first kappa shape index (κ1) is 7.98. The first-order valence-electron chi connectivity index (χ1n) is 3.70. The summed E-state index contributed by atoms with van der Waals surface area (Å²) in [4.78, 5) is 0. The minimum atomic E-state index is -1.21. The molecule has 2 unspecified atom stereocenters. The monoisotopic (exact) mass is 146 g/mol. The molecule has 1 fully saturated rings. The number of hydrogen-bond donors (Lipinski definition) is 3. The van der Waals surface area contributed by atoms with Crippen molar-refractivity contribution in [3.05, 3.63) is 0 Å². The minimum absolute atomic E-state index is 0.325. The number of aliphatic hydroxyl groups is 3. The van der Waals surface area contributed by atoms with E-state index in [1.807, 2.05) is 0 Å². The first-order valence-corrected chi connectivity index (χ1v) is 3.70. The Morgan fingerprint density at radius 2 is 2.10 bits per heavy atom. The lowest BCUT2D eigenvalue weighted by Crippen LogP contribution is -2.47. The normalized spacial score (nSPS) is 41.7. The first-order chi connectivity index (χ1) is 4.69. The van der Waals surface area contributed by atoms with Crippen molar-refractivity contribution in [2.75, 3.05) is 6.61 Å². The van der Waals surface area contributed by atoms with Gasteiger partial charge >= 0.3 is 0 Å². The Morgan fingerprint density at radius 3 is 2.50 bits per heavy atom. The van der Waals surface area contributed by atoms with Crippen LogP contribution < -0.4 is 0 Å². The molecule has 0 radical (unpaired) electrons. The molecule has 60 valence electrons. The fourth-order valence-corrected chi connectivity index (χ4v) is 1.39. The highest BCUT2D eigenvalue weighted by Gasteiger charge is 2.36. The summed E-state index contributed by atoms with van der Waals surface area (Å²) in [6.45, 7) is -0.325. The van der Waals surface area contributed by atoms with E-state index in [0.29, 0.717) is 12.8 Å². The van der Waals surface area contributed by atoms with Crippen molar-refractivity contribution >= 4 is 0 Å². The van der Waals surface area contributed by atoms with Gasteiger partial charge in [-0.3, -0.25) is 0 Å². The summed E-state index contributed by atoms with van der Waals surface area (Å²) in [7, 11) is 0. The maximum absolute atomic E-state index is 9.45. The Labute approximate surface area is 60.3 Å². The highest BCUT2D eigenvalue weighted by molar-refractivity contribution is 4.89. The summed E-state index contributed by atoms with van der Waals surface area (Å²) in [5.41, 5.74) is -1.21. The van der Waals surface area contributed by atoms with Crippen molar-refractivity contribution in [2.45, 2.75) is 37.4 Å². The number of hydrogen-bond acceptors (Lipinski definition) is 3. The van der Waals surface area contributed by atoms with Crippen LogP contribution in [0.15, 0.2) is 0 Å². The second-order valence-electron chi connectivity index (χ2n) is 3.02. The number of rotatable bonds is 1. The van der Waals surface area contributed by atoms with E-state index in [-0.39, 0.29) is 6.61 Å². The van der Waals surface area contributed by atoms with E-state index in [2.05, 4.69) is 0 Å². The maximum atomic E-state index is 9.45. The van der Waals surface area contributed by atoms with Gasteiger partial charge in [-0.1, -0.05) is 12.8 Å². The van der Waals surface area contributed by atoms with Crippen LogP contribution in [-0.2, 0) is 0 Å². The third-order valence-electron chi connectivity index (χ3n) is 2.23. The second kappa shape index (κ2) is 2.86. The molecule has 3 heteroatoms. The molecule has 0 aromatic heterocycles. The molecule has 0 spiro atoms. The third-order valence-corrected chi connectivity index (χ3v) is 2.23. The molecule has 0 heterocycles. The summed E-state index contributed by atoms with van der Waals surface area (Å²) in [6, 6.07) is 0. The third kappa shape index (κ3) is 1.31. The zero-order valence-electron chi connectivity index (χ0n) is 5.95. The summed E-state index contributed by atoms with van der Waals surface area (Å²) < 4.78 is 0. The van der Waals surface area contributed by atoms with Gasteiger partial charge in [0.1, 0.15) is 5.60 Å². The van der Waals surface area contributed by atoms with Gasteiger partial charge in [-0.25, -0.2) is 0 Å². The summed E-state index contributed by atoms with van der Waals surface area (Å²) in [5, 5.41) is 27.4. The molecule has 0 amide bonds. The van der Waals surface area contributed by atoms with Gasteiger partial charge in [0, 0.05) is 0 Å². The molecule has 1 aliphatic carbocycles. The smallest absolute Gasteiger partial charge is 0.113 e. The van der Waals surface area contributed by atoms with Crippen LogP contribution in [0.25, 0.3) is 0 Å². The largest absolute Gasteiger partial charge is 0.393 e. The summed E-state index contributed by atoms with van der Waals surface area (Å²) >= 11 is 0. The van der Waals surface area contributed by atoms with Crippen molar-refractivity contribution in [1.29, 1.82) is 0 Å². The predicted molar refractivity (Wildman–Crippen MR) is 36.5 cm³/mol. The standard InChI is InChI=1S/C7H14O3/c8-5-7(10)4-2-1-3-6(7)9/h6,8-10H,1-5H2. The van der Waals surface area contributed by atoms with Crippen molar-refractivity contribution in [3.63, 3.8) is 0 Å². The fraction of sp³-hybridized carbons (Fsp3) is 1.00. The van der Waals surface area contributed by atoms with Crippen molar-refractivity contribution in [3.8, 4) is 0 Å². The van der Waals surface area contributed by atoms with Crippen LogP contribution in [0.3, 0.4) is 0 Å². The van der Waals surface area contributed by atoms with E-state index in [9.17, 15) is 10.2 Å². The van der Waals surface area contributed by atoms with Gasteiger partial charge < -0.3 is 15.3 Å². The SMILES string of the molecule is OCC1(O)CCCCC1O. The zero-order valence-corrected chi connectivity index (χ0v) is 5.95. The molecule has 10 heavy (non-hydrogen) atoms. The number of aliphatic hydroxyl groups excluding tert-OH is 2. The van der Waals surface area contributed by atoms with Crippen LogP contribution >= 0.6 is 0 Å². The molecule has 1 rings (SSSR count). The van der Waals surface area contributed by atoms with Gasteiger partial charge in [0.05, 0.1) is 12.7 Å². The Kier molecular flexibility index (Phi) is 2.28. The van der Waals surface area contributed by atoms with Crippen LogP contribution in [0.5, 0.6) is 0 Å². The molecule has 0 saturated heterocycles. The van der Waals surface area contributed by atoms with Crippen molar-refractivity contribution in [2.24, 2.45) is 0 Å². The molecular weight excluding hydrogens is 132 g/mol. The van der Waals surface area contributed by atoms with E-state index < -0.39 is 11.7 Å². The zero-order chi connectivity index (χ0) is 7.61. The lowest BCUT2D eigenvalue weighted by atomic mass is 9.83. The van der Waals surface area contributed by atoms with E-state index in [0.717, 1.165) is 12.8 Å². The summed E-state index contributed by atoms with van der Waals surface area (Å²) in [5.74, 6) is 0. The lowest BCUT2D eigenvalue weighted by Gasteiger charge is -2.34. The highest BCUT2D eigenvalue weighted by atomic mass is 16.4. The molecule has 3 N–H and O–H groups in total. The van der Waals surface area contributed by atoms with Gasteiger partial charge in [-0.15, -0.1) is 0 Å². The molecule has 1 saturated carbocycles.